The molecule has 0 spiro atoms. The normalized spacial score (nSPS) is 9.44. The summed E-state index contributed by atoms with van der Waals surface area (Å²) in [6, 6.07) is 1.73. The first kappa shape index (κ1) is 6.16. The summed E-state index contributed by atoms with van der Waals surface area (Å²) in [6.45, 7) is -0.00991. The molecule has 1 heterocycles. The maximum absolute atomic E-state index is 8.38. The lowest BCUT2D eigenvalue weighted by atomic mass is 10.4. The molecule has 47 valence electrons. The smallest absolute Gasteiger partial charge is 0.134 e. The average molecular weight is 123 g/mol. The van der Waals surface area contributed by atoms with Gasteiger partial charge >= 0.3 is 0 Å². The Bertz CT molecular complexity index is 164. The molecule has 0 unspecified atom stereocenters. The zero-order valence-corrected chi connectivity index (χ0v) is 4.86. The SMILES string of the molecule is OC[CH]c1ncccn1. The standard InChI is InChI=1S/C6H7N2O/c9-5-2-6-7-3-1-4-8-6/h1-4,9H,5H2. The molecule has 1 radical (unpaired) electrons. The van der Waals surface area contributed by atoms with Crippen LogP contribution in [-0.2, 0) is 0 Å². The topological polar surface area (TPSA) is 46.0 Å². The number of aliphatic hydroxyl groups excluding tert-OH is 1. The first-order valence-corrected chi connectivity index (χ1v) is 2.64. The van der Waals surface area contributed by atoms with E-state index in [0.29, 0.717) is 5.82 Å². The first-order valence-electron chi connectivity index (χ1n) is 2.64. The molecule has 9 heavy (non-hydrogen) atoms. The number of nitrogens with zero attached hydrogens (tertiary/aromatic N) is 2. The number of hydrogen-bond donors (Lipinski definition) is 1. The minimum absolute atomic E-state index is 0.00991. The van der Waals surface area contributed by atoms with Crippen LogP contribution in [0.1, 0.15) is 5.82 Å². The molecule has 1 rings (SSSR count). The van der Waals surface area contributed by atoms with Crippen molar-refractivity contribution < 1.29 is 5.11 Å². The van der Waals surface area contributed by atoms with E-state index in [-0.39, 0.29) is 6.61 Å². The van der Waals surface area contributed by atoms with Crippen molar-refractivity contribution >= 4 is 0 Å². The van der Waals surface area contributed by atoms with E-state index in [1.54, 1.807) is 24.9 Å². The molecule has 0 aliphatic heterocycles. The van der Waals surface area contributed by atoms with Crippen LogP contribution in [0.3, 0.4) is 0 Å². The van der Waals surface area contributed by atoms with Crippen LogP contribution in [0.4, 0.5) is 0 Å². The molecule has 0 aliphatic carbocycles. The van der Waals surface area contributed by atoms with Crippen molar-refractivity contribution in [1.29, 1.82) is 0 Å². The maximum Gasteiger partial charge on any atom is 0.134 e. The molecule has 0 aromatic carbocycles. The second-order valence-corrected chi connectivity index (χ2v) is 1.49. The second-order valence-electron chi connectivity index (χ2n) is 1.49. The molecule has 0 saturated heterocycles. The first-order chi connectivity index (χ1) is 4.43. The van der Waals surface area contributed by atoms with Gasteiger partial charge in [-0.2, -0.15) is 0 Å². The highest BCUT2D eigenvalue weighted by Gasteiger charge is 1.89. The van der Waals surface area contributed by atoms with E-state index in [0.717, 1.165) is 0 Å². The van der Waals surface area contributed by atoms with Gasteiger partial charge < -0.3 is 5.11 Å². The van der Waals surface area contributed by atoms with Gasteiger partial charge in [-0.25, -0.2) is 9.97 Å². The quantitative estimate of drug-likeness (QED) is 0.603. The third-order valence-electron chi connectivity index (χ3n) is 0.860. The van der Waals surface area contributed by atoms with Gasteiger partial charge in [0.1, 0.15) is 5.82 Å². The summed E-state index contributed by atoms with van der Waals surface area (Å²) in [5, 5.41) is 8.38. The highest BCUT2D eigenvalue weighted by Crippen LogP contribution is 1.88. The van der Waals surface area contributed by atoms with E-state index < -0.39 is 0 Å². The zero-order chi connectivity index (χ0) is 6.53. The molecule has 3 nitrogen and oxygen atoms in total. The largest absolute Gasteiger partial charge is 0.396 e. The minimum Gasteiger partial charge on any atom is -0.396 e. The molecule has 0 bridgehead atoms. The van der Waals surface area contributed by atoms with Crippen LogP contribution in [0.15, 0.2) is 18.5 Å². The van der Waals surface area contributed by atoms with Crippen LogP contribution in [0, 0.1) is 6.42 Å². The van der Waals surface area contributed by atoms with Crippen LogP contribution in [0.2, 0.25) is 0 Å². The van der Waals surface area contributed by atoms with E-state index in [1.165, 1.54) is 0 Å². The predicted molar refractivity (Wildman–Crippen MR) is 32.5 cm³/mol. The number of hydrogen-bond acceptors (Lipinski definition) is 3. The lowest BCUT2D eigenvalue weighted by Gasteiger charge is -1.90. The van der Waals surface area contributed by atoms with E-state index in [9.17, 15) is 0 Å². The summed E-state index contributed by atoms with van der Waals surface area (Å²) < 4.78 is 0. The van der Waals surface area contributed by atoms with Crippen LogP contribution in [0.25, 0.3) is 0 Å². The summed E-state index contributed by atoms with van der Waals surface area (Å²) in [7, 11) is 0. The molecule has 0 amide bonds. The van der Waals surface area contributed by atoms with Crippen molar-refractivity contribution in [2.45, 2.75) is 0 Å². The molecule has 0 fully saturated rings. The van der Waals surface area contributed by atoms with Crippen LogP contribution in [-0.4, -0.2) is 21.7 Å². The lowest BCUT2D eigenvalue weighted by molar-refractivity contribution is 0.330. The minimum atomic E-state index is -0.00991. The van der Waals surface area contributed by atoms with Crippen molar-refractivity contribution in [2.24, 2.45) is 0 Å². The Hall–Kier alpha value is -0.960. The number of rotatable bonds is 2. The molecular formula is C6H7N2O. The third-order valence-corrected chi connectivity index (χ3v) is 0.860. The summed E-state index contributed by atoms with van der Waals surface area (Å²) >= 11 is 0. The van der Waals surface area contributed by atoms with E-state index in [2.05, 4.69) is 9.97 Å². The Kier molecular flexibility index (Phi) is 2.15. The Morgan fingerprint density at radius 2 is 2.11 bits per heavy atom. The average Bonchev–Trinajstić information content (AvgIpc) is 1.91. The number of aromatic nitrogens is 2. The fourth-order valence-electron chi connectivity index (χ4n) is 0.498. The van der Waals surface area contributed by atoms with Gasteiger partial charge in [0, 0.05) is 12.4 Å². The predicted octanol–water partition coefficient (Wildman–Crippen LogP) is 0.0213. The van der Waals surface area contributed by atoms with Crippen molar-refractivity contribution in [2.75, 3.05) is 6.61 Å². The third kappa shape index (κ3) is 1.77. The highest BCUT2D eigenvalue weighted by molar-refractivity contribution is 4.99. The molecule has 0 saturated carbocycles. The van der Waals surface area contributed by atoms with Crippen LogP contribution < -0.4 is 0 Å². The molecule has 3 heteroatoms. The van der Waals surface area contributed by atoms with Gasteiger partial charge in [0.15, 0.2) is 0 Å². The lowest BCUT2D eigenvalue weighted by Crippen LogP contribution is -1.93. The summed E-state index contributed by atoms with van der Waals surface area (Å²) in [5.41, 5.74) is 0. The molecule has 0 aliphatic rings. The highest BCUT2D eigenvalue weighted by atomic mass is 16.3. The fraction of sp³-hybridized carbons (Fsp3) is 0.167. The van der Waals surface area contributed by atoms with Crippen molar-refractivity contribution in [3.8, 4) is 0 Å². The monoisotopic (exact) mass is 123 g/mol. The van der Waals surface area contributed by atoms with Gasteiger partial charge in [-0.05, 0) is 6.07 Å². The summed E-state index contributed by atoms with van der Waals surface area (Å²) in [5.74, 6) is 0.569. The molecular weight excluding hydrogens is 116 g/mol. The van der Waals surface area contributed by atoms with Crippen molar-refractivity contribution in [1.82, 2.24) is 9.97 Å². The summed E-state index contributed by atoms with van der Waals surface area (Å²) in [6.07, 6.45) is 4.81. The zero-order valence-electron chi connectivity index (χ0n) is 4.86. The van der Waals surface area contributed by atoms with Crippen molar-refractivity contribution in [3.05, 3.63) is 30.7 Å². The Morgan fingerprint density at radius 1 is 1.44 bits per heavy atom. The molecule has 1 aromatic rings. The van der Waals surface area contributed by atoms with Crippen molar-refractivity contribution in [3.63, 3.8) is 0 Å². The van der Waals surface area contributed by atoms with Gasteiger partial charge in [-0.1, -0.05) is 0 Å². The Labute approximate surface area is 53.4 Å². The van der Waals surface area contributed by atoms with E-state index in [4.69, 9.17) is 5.11 Å². The van der Waals surface area contributed by atoms with Crippen LogP contribution >= 0.6 is 0 Å². The van der Waals surface area contributed by atoms with Gasteiger partial charge in [0.2, 0.25) is 0 Å². The van der Waals surface area contributed by atoms with E-state index >= 15 is 0 Å². The van der Waals surface area contributed by atoms with Gasteiger partial charge in [0.25, 0.3) is 0 Å². The Balaban J connectivity index is 2.61. The van der Waals surface area contributed by atoms with Gasteiger partial charge in [-0.3, -0.25) is 0 Å². The number of aliphatic hydroxyl groups is 1. The fourth-order valence-corrected chi connectivity index (χ4v) is 0.498. The second kappa shape index (κ2) is 3.14. The molecule has 1 N–H and O–H groups in total. The summed E-state index contributed by atoms with van der Waals surface area (Å²) in [4.78, 5) is 7.68. The maximum atomic E-state index is 8.38. The molecule has 1 aromatic heterocycles. The van der Waals surface area contributed by atoms with Gasteiger partial charge in [0.05, 0.1) is 13.0 Å². The van der Waals surface area contributed by atoms with E-state index in [1.807, 2.05) is 0 Å². The van der Waals surface area contributed by atoms with Crippen LogP contribution in [0.5, 0.6) is 0 Å². The Morgan fingerprint density at radius 3 is 2.67 bits per heavy atom. The molecule has 0 atom stereocenters. The van der Waals surface area contributed by atoms with Gasteiger partial charge in [-0.15, -0.1) is 0 Å².